The number of aromatic nitrogens is 2. The highest BCUT2D eigenvalue weighted by molar-refractivity contribution is 8.14. The number of rotatable bonds is 5. The summed E-state index contributed by atoms with van der Waals surface area (Å²) < 4.78 is 7.14. The van der Waals surface area contributed by atoms with Gasteiger partial charge in [-0.2, -0.15) is 0 Å². The van der Waals surface area contributed by atoms with E-state index in [1.54, 1.807) is 59.2 Å². The molecule has 0 bridgehead atoms. The van der Waals surface area contributed by atoms with E-state index in [2.05, 4.69) is 0 Å². The fraction of sp³-hybridized carbons (Fsp3) is 0.0833. The summed E-state index contributed by atoms with van der Waals surface area (Å²) in [5.74, 6) is 0.801. The molecule has 1 aromatic heterocycles. The number of carbonyl (C=O) groups is 2. The van der Waals surface area contributed by atoms with Crippen molar-refractivity contribution in [1.82, 2.24) is 14.5 Å². The SMILES string of the molecule is O=C1CSC(=O)N1COc1ccc(-n2c(-c3ccc(Cl)cc3)nc3ccccc3c2=O)cc1. The summed E-state index contributed by atoms with van der Waals surface area (Å²) in [5, 5.41) is 0.764. The standard InChI is InChI=1S/C24H16ClN3O4S/c25-16-7-5-15(6-8-16)22-26-20-4-2-1-3-19(20)23(30)28(22)17-9-11-18(12-10-17)32-14-27-21(29)13-33-24(27)31/h1-12H,13-14H2. The summed E-state index contributed by atoms with van der Waals surface area (Å²) in [7, 11) is 0. The van der Waals surface area contributed by atoms with E-state index in [-0.39, 0.29) is 29.2 Å². The van der Waals surface area contributed by atoms with Crippen molar-refractivity contribution in [3.63, 3.8) is 0 Å². The minimum absolute atomic E-state index is 0.131. The van der Waals surface area contributed by atoms with Crippen LogP contribution in [0, 0.1) is 0 Å². The summed E-state index contributed by atoms with van der Waals surface area (Å²) in [6.07, 6.45) is 0. The van der Waals surface area contributed by atoms with Crippen molar-refractivity contribution in [1.29, 1.82) is 0 Å². The number of para-hydroxylation sites is 1. The minimum atomic E-state index is -0.321. The molecular formula is C24H16ClN3O4S. The average Bonchev–Trinajstić information content (AvgIpc) is 3.16. The molecule has 0 N–H and O–H groups in total. The van der Waals surface area contributed by atoms with Gasteiger partial charge in [0.15, 0.2) is 6.73 Å². The van der Waals surface area contributed by atoms with Gasteiger partial charge in [0.1, 0.15) is 11.6 Å². The number of thioether (sulfide) groups is 1. The van der Waals surface area contributed by atoms with E-state index in [0.717, 1.165) is 22.2 Å². The molecule has 4 aromatic rings. The number of nitrogens with zero attached hydrogens (tertiary/aromatic N) is 3. The Kier molecular flexibility index (Phi) is 5.62. The Bertz CT molecular complexity index is 1420. The van der Waals surface area contributed by atoms with E-state index in [0.29, 0.717) is 33.2 Å². The zero-order valence-corrected chi connectivity index (χ0v) is 18.7. The summed E-state index contributed by atoms with van der Waals surface area (Å²) in [6, 6.07) is 21.1. The van der Waals surface area contributed by atoms with Crippen LogP contribution >= 0.6 is 23.4 Å². The number of carbonyl (C=O) groups excluding carboxylic acids is 2. The Balaban J connectivity index is 1.53. The van der Waals surface area contributed by atoms with Crippen LogP contribution in [-0.4, -0.2) is 38.1 Å². The van der Waals surface area contributed by atoms with Gasteiger partial charge in [0.25, 0.3) is 10.8 Å². The van der Waals surface area contributed by atoms with Crippen LogP contribution in [0.2, 0.25) is 5.02 Å². The number of halogens is 1. The molecule has 0 unspecified atom stereocenters. The molecular weight excluding hydrogens is 462 g/mol. The van der Waals surface area contributed by atoms with E-state index in [1.165, 1.54) is 0 Å². The monoisotopic (exact) mass is 477 g/mol. The van der Waals surface area contributed by atoms with Crippen LogP contribution in [0.25, 0.3) is 28.0 Å². The summed E-state index contributed by atoms with van der Waals surface area (Å²) in [6.45, 7) is -0.155. The van der Waals surface area contributed by atoms with Crippen LogP contribution in [0.1, 0.15) is 0 Å². The second-order valence-corrected chi connectivity index (χ2v) is 8.61. The van der Waals surface area contributed by atoms with Crippen molar-refractivity contribution in [2.24, 2.45) is 0 Å². The van der Waals surface area contributed by atoms with Crippen LogP contribution in [-0.2, 0) is 4.79 Å². The van der Waals surface area contributed by atoms with Crippen molar-refractivity contribution in [2.45, 2.75) is 0 Å². The van der Waals surface area contributed by atoms with Gasteiger partial charge in [-0.3, -0.25) is 19.0 Å². The van der Waals surface area contributed by atoms with Gasteiger partial charge >= 0.3 is 0 Å². The number of amides is 2. The highest BCUT2D eigenvalue weighted by Gasteiger charge is 2.30. The summed E-state index contributed by atoms with van der Waals surface area (Å²) in [5.41, 5.74) is 1.73. The molecule has 1 aliphatic heterocycles. The van der Waals surface area contributed by atoms with E-state index < -0.39 is 0 Å². The molecule has 33 heavy (non-hydrogen) atoms. The first-order valence-corrected chi connectivity index (χ1v) is 11.4. The van der Waals surface area contributed by atoms with Crippen LogP contribution < -0.4 is 10.3 Å². The molecule has 9 heteroatoms. The molecule has 2 heterocycles. The number of ether oxygens (including phenoxy) is 1. The lowest BCUT2D eigenvalue weighted by Gasteiger charge is -2.16. The average molecular weight is 478 g/mol. The molecule has 0 radical (unpaired) electrons. The van der Waals surface area contributed by atoms with Crippen molar-refractivity contribution >= 4 is 45.4 Å². The molecule has 1 fully saturated rings. The third-order valence-corrected chi connectivity index (χ3v) is 6.28. The Labute approximate surface area is 197 Å². The third-order valence-electron chi connectivity index (χ3n) is 5.17. The molecule has 7 nitrogen and oxygen atoms in total. The quantitative estimate of drug-likeness (QED) is 0.413. The Morgan fingerprint density at radius 1 is 0.939 bits per heavy atom. The number of imide groups is 1. The van der Waals surface area contributed by atoms with Gasteiger partial charge in [-0.1, -0.05) is 35.5 Å². The maximum atomic E-state index is 13.4. The molecule has 5 rings (SSSR count). The molecule has 1 aliphatic rings. The summed E-state index contributed by atoms with van der Waals surface area (Å²) in [4.78, 5) is 42.7. The molecule has 0 saturated carbocycles. The number of hydrogen-bond acceptors (Lipinski definition) is 6. The Morgan fingerprint density at radius 2 is 1.67 bits per heavy atom. The van der Waals surface area contributed by atoms with Gasteiger partial charge in [-0.05, 0) is 60.7 Å². The first-order valence-electron chi connectivity index (χ1n) is 9.99. The Hall–Kier alpha value is -3.62. The second kappa shape index (κ2) is 8.73. The molecule has 0 aliphatic carbocycles. The van der Waals surface area contributed by atoms with Gasteiger partial charge in [-0.25, -0.2) is 9.88 Å². The highest BCUT2D eigenvalue weighted by Crippen LogP contribution is 2.25. The van der Waals surface area contributed by atoms with E-state index in [1.807, 2.05) is 18.2 Å². The number of hydrogen-bond donors (Lipinski definition) is 0. The first kappa shape index (κ1) is 21.2. The number of benzene rings is 3. The van der Waals surface area contributed by atoms with Crippen molar-refractivity contribution < 1.29 is 14.3 Å². The normalized spacial score (nSPS) is 13.7. The lowest BCUT2D eigenvalue weighted by molar-refractivity contribution is -0.126. The molecule has 0 atom stereocenters. The lowest BCUT2D eigenvalue weighted by atomic mass is 10.1. The smallest absolute Gasteiger partial charge is 0.291 e. The molecule has 164 valence electrons. The predicted octanol–water partition coefficient (Wildman–Crippen LogP) is 4.74. The highest BCUT2D eigenvalue weighted by atomic mass is 35.5. The zero-order valence-electron chi connectivity index (χ0n) is 17.1. The first-order chi connectivity index (χ1) is 16.0. The van der Waals surface area contributed by atoms with Gasteiger partial charge in [-0.15, -0.1) is 0 Å². The van der Waals surface area contributed by atoms with Crippen LogP contribution in [0.4, 0.5) is 4.79 Å². The number of fused-ring (bicyclic) bond motifs is 1. The van der Waals surface area contributed by atoms with Crippen LogP contribution in [0.5, 0.6) is 5.75 Å². The molecule has 3 aromatic carbocycles. The van der Waals surface area contributed by atoms with Crippen molar-refractivity contribution in [3.05, 3.63) is 88.2 Å². The molecule has 2 amide bonds. The van der Waals surface area contributed by atoms with Crippen molar-refractivity contribution in [3.8, 4) is 22.8 Å². The largest absolute Gasteiger partial charge is 0.473 e. The topological polar surface area (TPSA) is 81.5 Å². The van der Waals surface area contributed by atoms with Gasteiger partial charge in [0.05, 0.1) is 22.3 Å². The van der Waals surface area contributed by atoms with E-state index in [4.69, 9.17) is 21.3 Å². The maximum absolute atomic E-state index is 13.4. The third kappa shape index (κ3) is 4.10. The Morgan fingerprint density at radius 3 is 2.36 bits per heavy atom. The molecule has 1 saturated heterocycles. The van der Waals surface area contributed by atoms with Crippen LogP contribution in [0.15, 0.2) is 77.6 Å². The zero-order chi connectivity index (χ0) is 22.9. The predicted molar refractivity (Wildman–Crippen MR) is 128 cm³/mol. The van der Waals surface area contributed by atoms with E-state index in [9.17, 15) is 14.4 Å². The fourth-order valence-electron chi connectivity index (χ4n) is 3.50. The van der Waals surface area contributed by atoms with Gasteiger partial charge in [0, 0.05) is 10.6 Å². The van der Waals surface area contributed by atoms with Crippen LogP contribution in [0.3, 0.4) is 0 Å². The van der Waals surface area contributed by atoms with E-state index >= 15 is 0 Å². The molecule has 0 spiro atoms. The fourth-order valence-corrected chi connectivity index (χ4v) is 4.34. The van der Waals surface area contributed by atoms with Crippen molar-refractivity contribution in [2.75, 3.05) is 12.5 Å². The van der Waals surface area contributed by atoms with Gasteiger partial charge < -0.3 is 4.74 Å². The lowest BCUT2D eigenvalue weighted by Crippen LogP contribution is -2.32. The second-order valence-electron chi connectivity index (χ2n) is 7.24. The van der Waals surface area contributed by atoms with Gasteiger partial charge in [0.2, 0.25) is 5.91 Å². The minimum Gasteiger partial charge on any atom is -0.473 e. The maximum Gasteiger partial charge on any atom is 0.291 e. The summed E-state index contributed by atoms with van der Waals surface area (Å²) >= 11 is 7.00.